The molecule has 1 aromatic carbocycles. The standard InChI is InChI=1S/C10H6ClFN4O4/c11-7-5-14(13-10(7)16(19)20)4-6-2-1-3-8(9(6)12)15(17)18/h1-3,5H,4H2. The lowest BCUT2D eigenvalue weighted by atomic mass is 10.2. The van der Waals surface area contributed by atoms with Gasteiger partial charge >= 0.3 is 11.5 Å². The summed E-state index contributed by atoms with van der Waals surface area (Å²) in [5.41, 5.74) is -0.691. The zero-order chi connectivity index (χ0) is 14.9. The van der Waals surface area contributed by atoms with E-state index in [9.17, 15) is 24.6 Å². The first-order valence-electron chi connectivity index (χ1n) is 5.19. The average Bonchev–Trinajstić information content (AvgIpc) is 2.72. The predicted octanol–water partition coefficient (Wildman–Crippen LogP) is 2.54. The SMILES string of the molecule is O=[N+]([O-])c1cccc(Cn2cc(Cl)c([N+](=O)[O-])n2)c1F. The first kappa shape index (κ1) is 13.9. The minimum atomic E-state index is -1.01. The smallest absolute Gasteiger partial charge is 0.358 e. The molecule has 1 aromatic heterocycles. The van der Waals surface area contributed by atoms with Crippen molar-refractivity contribution in [2.24, 2.45) is 0 Å². The van der Waals surface area contributed by atoms with Crippen LogP contribution in [0, 0.1) is 26.0 Å². The fourth-order valence-electron chi connectivity index (χ4n) is 1.60. The summed E-state index contributed by atoms with van der Waals surface area (Å²) in [5.74, 6) is -1.57. The van der Waals surface area contributed by atoms with Gasteiger partial charge in [-0.3, -0.25) is 10.1 Å². The first-order chi connectivity index (χ1) is 9.40. The van der Waals surface area contributed by atoms with Gasteiger partial charge in [0.1, 0.15) is 0 Å². The molecule has 10 heteroatoms. The highest BCUT2D eigenvalue weighted by molar-refractivity contribution is 6.32. The van der Waals surface area contributed by atoms with Crippen molar-refractivity contribution in [1.29, 1.82) is 0 Å². The molecule has 0 spiro atoms. The van der Waals surface area contributed by atoms with Crippen LogP contribution in [0.5, 0.6) is 0 Å². The maximum atomic E-state index is 13.8. The molecule has 0 N–H and O–H groups in total. The lowest BCUT2D eigenvalue weighted by molar-refractivity contribution is -0.389. The minimum Gasteiger partial charge on any atom is -0.358 e. The maximum Gasteiger partial charge on any atom is 0.408 e. The Kier molecular flexibility index (Phi) is 3.61. The lowest BCUT2D eigenvalue weighted by Gasteiger charge is -2.01. The zero-order valence-electron chi connectivity index (χ0n) is 9.69. The van der Waals surface area contributed by atoms with Crippen molar-refractivity contribution in [3.63, 3.8) is 0 Å². The highest BCUT2D eigenvalue weighted by Crippen LogP contribution is 2.24. The van der Waals surface area contributed by atoms with Crippen LogP contribution in [0.2, 0.25) is 5.02 Å². The second kappa shape index (κ2) is 5.21. The fraction of sp³-hybridized carbons (Fsp3) is 0.100. The van der Waals surface area contributed by atoms with E-state index in [-0.39, 0.29) is 17.1 Å². The molecule has 0 amide bonds. The number of hydrogen-bond donors (Lipinski definition) is 0. The van der Waals surface area contributed by atoms with Gasteiger partial charge in [0.05, 0.1) is 22.8 Å². The van der Waals surface area contributed by atoms with Gasteiger partial charge in [0.25, 0.3) is 0 Å². The minimum absolute atomic E-state index is 0.0201. The average molecular weight is 301 g/mol. The van der Waals surface area contributed by atoms with Gasteiger partial charge in [0.2, 0.25) is 5.82 Å². The number of nitro benzene ring substituents is 1. The van der Waals surface area contributed by atoms with E-state index >= 15 is 0 Å². The molecule has 0 aliphatic heterocycles. The van der Waals surface area contributed by atoms with Crippen molar-refractivity contribution < 1.29 is 14.2 Å². The molecule has 0 fully saturated rings. The molecule has 0 radical (unpaired) electrons. The summed E-state index contributed by atoms with van der Waals surface area (Å²) in [6.45, 7) is -0.207. The molecule has 2 rings (SSSR count). The van der Waals surface area contributed by atoms with Crippen molar-refractivity contribution >= 4 is 23.1 Å². The van der Waals surface area contributed by atoms with Gasteiger partial charge in [-0.05, 0) is 4.92 Å². The Morgan fingerprint density at radius 3 is 2.55 bits per heavy atom. The monoisotopic (exact) mass is 300 g/mol. The van der Waals surface area contributed by atoms with Crippen molar-refractivity contribution in [2.75, 3.05) is 0 Å². The molecule has 0 aliphatic rings. The Bertz CT molecular complexity index is 703. The molecule has 0 atom stereocenters. The first-order valence-corrected chi connectivity index (χ1v) is 5.57. The number of rotatable bonds is 4. The molecule has 0 bridgehead atoms. The maximum absolute atomic E-state index is 13.8. The molecule has 0 unspecified atom stereocenters. The van der Waals surface area contributed by atoms with E-state index in [1.54, 1.807) is 0 Å². The van der Waals surface area contributed by atoms with Gasteiger partial charge in [-0.25, -0.2) is 0 Å². The van der Waals surface area contributed by atoms with Crippen LogP contribution in [-0.4, -0.2) is 19.6 Å². The number of benzene rings is 1. The number of nitro groups is 2. The summed E-state index contributed by atoms with van der Waals surface area (Å²) in [4.78, 5) is 19.6. The van der Waals surface area contributed by atoms with Gasteiger partial charge in [-0.15, -0.1) is 0 Å². The Morgan fingerprint density at radius 1 is 1.30 bits per heavy atom. The molecule has 1 heterocycles. The molecule has 20 heavy (non-hydrogen) atoms. The Labute approximate surface area is 115 Å². The summed E-state index contributed by atoms with van der Waals surface area (Å²) >= 11 is 5.60. The molecular formula is C10H6ClFN4O4. The Hall–Kier alpha value is -2.55. The van der Waals surface area contributed by atoms with Crippen LogP contribution >= 0.6 is 11.6 Å². The summed E-state index contributed by atoms with van der Waals surface area (Å²) < 4.78 is 14.9. The zero-order valence-corrected chi connectivity index (χ0v) is 10.5. The van der Waals surface area contributed by atoms with Gasteiger partial charge in [-0.1, -0.05) is 23.7 Å². The number of nitrogens with zero attached hydrogens (tertiary/aromatic N) is 4. The third-order valence-corrected chi connectivity index (χ3v) is 2.73. The molecule has 8 nitrogen and oxygen atoms in total. The third kappa shape index (κ3) is 2.57. The van der Waals surface area contributed by atoms with E-state index in [2.05, 4.69) is 5.10 Å². The van der Waals surface area contributed by atoms with Crippen LogP contribution in [0.3, 0.4) is 0 Å². The van der Waals surface area contributed by atoms with Gasteiger partial charge < -0.3 is 10.1 Å². The molecule has 2 aromatic rings. The van der Waals surface area contributed by atoms with E-state index in [0.717, 1.165) is 16.9 Å². The van der Waals surface area contributed by atoms with Crippen molar-refractivity contribution in [3.05, 3.63) is 61.0 Å². The Balaban J connectivity index is 2.35. The van der Waals surface area contributed by atoms with Gasteiger partial charge in [0, 0.05) is 11.6 Å². The molecular weight excluding hydrogens is 295 g/mol. The normalized spacial score (nSPS) is 10.5. The van der Waals surface area contributed by atoms with Gasteiger partial charge in [0.15, 0.2) is 5.02 Å². The second-order valence-corrected chi connectivity index (χ2v) is 4.17. The number of hydrogen-bond acceptors (Lipinski definition) is 5. The van der Waals surface area contributed by atoms with Crippen LogP contribution in [0.15, 0.2) is 24.4 Å². The van der Waals surface area contributed by atoms with Crippen molar-refractivity contribution in [3.8, 4) is 0 Å². The van der Waals surface area contributed by atoms with Crippen LogP contribution < -0.4 is 0 Å². The highest BCUT2D eigenvalue weighted by Gasteiger charge is 2.22. The van der Waals surface area contributed by atoms with Crippen LogP contribution in [-0.2, 0) is 6.54 Å². The Morgan fingerprint density at radius 2 is 2.00 bits per heavy atom. The van der Waals surface area contributed by atoms with E-state index < -0.39 is 27.2 Å². The summed E-state index contributed by atoms with van der Waals surface area (Å²) in [6.07, 6.45) is 1.15. The predicted molar refractivity (Wildman–Crippen MR) is 66.0 cm³/mol. The topological polar surface area (TPSA) is 104 Å². The van der Waals surface area contributed by atoms with Gasteiger partial charge in [-0.2, -0.15) is 9.07 Å². The van der Waals surface area contributed by atoms with Crippen molar-refractivity contribution in [1.82, 2.24) is 9.78 Å². The van der Waals surface area contributed by atoms with Crippen LogP contribution in [0.1, 0.15) is 5.56 Å². The van der Waals surface area contributed by atoms with E-state index in [1.807, 2.05) is 0 Å². The quantitative estimate of drug-likeness (QED) is 0.637. The number of aromatic nitrogens is 2. The third-order valence-electron chi connectivity index (χ3n) is 2.46. The molecule has 0 saturated carbocycles. The molecule has 0 saturated heterocycles. The van der Waals surface area contributed by atoms with E-state index in [1.165, 1.54) is 12.1 Å². The summed E-state index contributed by atoms with van der Waals surface area (Å²) in [7, 11) is 0. The fourth-order valence-corrected chi connectivity index (χ4v) is 1.81. The highest BCUT2D eigenvalue weighted by atomic mass is 35.5. The molecule has 0 aliphatic carbocycles. The van der Waals surface area contributed by atoms with Crippen LogP contribution in [0.4, 0.5) is 15.9 Å². The second-order valence-electron chi connectivity index (χ2n) is 3.76. The van der Waals surface area contributed by atoms with Crippen molar-refractivity contribution in [2.45, 2.75) is 6.54 Å². The largest absolute Gasteiger partial charge is 0.408 e. The number of halogens is 2. The lowest BCUT2D eigenvalue weighted by Crippen LogP contribution is -2.05. The molecule has 104 valence electrons. The summed E-state index contributed by atoms with van der Waals surface area (Å²) in [5, 5.41) is 24.6. The van der Waals surface area contributed by atoms with E-state index in [4.69, 9.17) is 11.6 Å². The van der Waals surface area contributed by atoms with Crippen LogP contribution in [0.25, 0.3) is 0 Å². The van der Waals surface area contributed by atoms with E-state index in [0.29, 0.717) is 0 Å². The summed E-state index contributed by atoms with van der Waals surface area (Å²) in [6, 6.07) is 3.66.